The number of benzene rings is 1. The van der Waals surface area contributed by atoms with Crippen LogP contribution in [0.4, 0.5) is 8.78 Å². The summed E-state index contributed by atoms with van der Waals surface area (Å²) >= 11 is 0. The van der Waals surface area contributed by atoms with Gasteiger partial charge >= 0.3 is 0 Å². The minimum atomic E-state index is -0.567. The predicted octanol–water partition coefficient (Wildman–Crippen LogP) is 2.01. The fraction of sp³-hybridized carbons (Fsp3) is 0.500. The van der Waals surface area contributed by atoms with Crippen molar-refractivity contribution in [2.75, 3.05) is 6.61 Å². The van der Waals surface area contributed by atoms with Crippen LogP contribution in [0, 0.1) is 11.6 Å². The molecule has 2 N–H and O–H groups in total. The number of nitrogens with two attached hydrogens (primary N) is 1. The van der Waals surface area contributed by atoms with Gasteiger partial charge in [-0.05, 0) is 31.4 Å². The van der Waals surface area contributed by atoms with Crippen molar-refractivity contribution < 1.29 is 13.5 Å². The van der Waals surface area contributed by atoms with Gasteiger partial charge < -0.3 is 10.5 Å². The molecule has 2 atom stereocenters. The van der Waals surface area contributed by atoms with Gasteiger partial charge in [0.1, 0.15) is 11.6 Å². The minimum Gasteiger partial charge on any atom is -0.377 e. The van der Waals surface area contributed by atoms with Crippen LogP contribution in [0.3, 0.4) is 0 Å². The Morgan fingerprint density at radius 2 is 2.25 bits per heavy atom. The van der Waals surface area contributed by atoms with Crippen molar-refractivity contribution in [2.45, 2.75) is 31.4 Å². The Balaban J connectivity index is 2.20. The van der Waals surface area contributed by atoms with Crippen LogP contribution < -0.4 is 5.73 Å². The second-order valence-corrected chi connectivity index (χ2v) is 4.41. The summed E-state index contributed by atoms with van der Waals surface area (Å²) in [6.07, 6.45) is 0.975. The minimum absolute atomic E-state index is 0.100. The zero-order chi connectivity index (χ0) is 11.8. The predicted molar refractivity (Wildman–Crippen MR) is 57.0 cm³/mol. The van der Waals surface area contributed by atoms with E-state index in [1.165, 1.54) is 12.1 Å². The van der Waals surface area contributed by atoms with Crippen molar-refractivity contribution in [3.63, 3.8) is 0 Å². The number of halogens is 2. The van der Waals surface area contributed by atoms with Crippen LogP contribution in [0.5, 0.6) is 0 Å². The SMILES string of the molecule is CC1OCCC1(N)Cc1ccc(F)cc1F. The van der Waals surface area contributed by atoms with Gasteiger partial charge in [-0.1, -0.05) is 6.07 Å². The molecule has 0 bridgehead atoms. The molecule has 1 fully saturated rings. The Labute approximate surface area is 93.4 Å². The fourth-order valence-electron chi connectivity index (χ4n) is 2.05. The average Bonchev–Trinajstić information content (AvgIpc) is 2.52. The van der Waals surface area contributed by atoms with Gasteiger partial charge in [0, 0.05) is 18.2 Å². The largest absolute Gasteiger partial charge is 0.377 e. The summed E-state index contributed by atoms with van der Waals surface area (Å²) in [6, 6.07) is 3.59. The average molecular weight is 227 g/mol. The van der Waals surface area contributed by atoms with Crippen molar-refractivity contribution in [1.82, 2.24) is 0 Å². The standard InChI is InChI=1S/C12H15F2NO/c1-8-12(15,4-5-16-8)7-9-2-3-10(13)6-11(9)14/h2-3,6,8H,4-5,7,15H2,1H3. The molecule has 88 valence electrons. The zero-order valence-electron chi connectivity index (χ0n) is 9.17. The molecule has 0 aliphatic carbocycles. The highest BCUT2D eigenvalue weighted by molar-refractivity contribution is 5.22. The second-order valence-electron chi connectivity index (χ2n) is 4.41. The molecule has 0 saturated carbocycles. The van der Waals surface area contributed by atoms with E-state index in [0.29, 0.717) is 25.0 Å². The highest BCUT2D eigenvalue weighted by atomic mass is 19.1. The van der Waals surface area contributed by atoms with Crippen molar-refractivity contribution in [3.05, 3.63) is 35.4 Å². The van der Waals surface area contributed by atoms with Gasteiger partial charge in [-0.3, -0.25) is 0 Å². The van der Waals surface area contributed by atoms with Gasteiger partial charge in [-0.2, -0.15) is 0 Å². The first-order valence-electron chi connectivity index (χ1n) is 5.36. The topological polar surface area (TPSA) is 35.2 Å². The molecule has 16 heavy (non-hydrogen) atoms. The van der Waals surface area contributed by atoms with Crippen molar-refractivity contribution in [2.24, 2.45) is 5.73 Å². The van der Waals surface area contributed by atoms with Gasteiger partial charge in [0.25, 0.3) is 0 Å². The van der Waals surface area contributed by atoms with Gasteiger partial charge in [-0.25, -0.2) is 8.78 Å². The van der Waals surface area contributed by atoms with Crippen LogP contribution in [-0.4, -0.2) is 18.2 Å². The number of hydrogen-bond acceptors (Lipinski definition) is 2. The van der Waals surface area contributed by atoms with Crippen molar-refractivity contribution in [1.29, 1.82) is 0 Å². The van der Waals surface area contributed by atoms with E-state index < -0.39 is 17.2 Å². The molecule has 2 rings (SSSR count). The molecule has 0 amide bonds. The molecular weight excluding hydrogens is 212 g/mol. The summed E-state index contributed by atoms with van der Waals surface area (Å²) < 4.78 is 31.6. The molecule has 1 aromatic rings. The molecule has 2 unspecified atom stereocenters. The monoisotopic (exact) mass is 227 g/mol. The third-order valence-electron chi connectivity index (χ3n) is 3.28. The summed E-state index contributed by atoms with van der Waals surface area (Å²) in [5, 5.41) is 0. The summed E-state index contributed by atoms with van der Waals surface area (Å²) in [7, 11) is 0. The summed E-state index contributed by atoms with van der Waals surface area (Å²) in [5.41, 5.74) is 6.06. The maximum absolute atomic E-state index is 13.5. The first kappa shape index (κ1) is 11.5. The van der Waals surface area contributed by atoms with E-state index in [1.54, 1.807) is 0 Å². The number of hydrogen-bond donors (Lipinski definition) is 1. The fourth-order valence-corrected chi connectivity index (χ4v) is 2.05. The normalized spacial score (nSPS) is 29.6. The summed E-state index contributed by atoms with van der Waals surface area (Å²) in [5.74, 6) is -1.10. The Hall–Kier alpha value is -1.00. The van der Waals surface area contributed by atoms with E-state index in [-0.39, 0.29) is 6.10 Å². The first-order chi connectivity index (χ1) is 7.51. The highest BCUT2D eigenvalue weighted by Crippen LogP contribution is 2.28. The van der Waals surface area contributed by atoms with E-state index in [0.717, 1.165) is 6.07 Å². The second kappa shape index (κ2) is 4.11. The molecule has 2 nitrogen and oxygen atoms in total. The lowest BCUT2D eigenvalue weighted by molar-refractivity contribution is 0.0953. The third-order valence-corrected chi connectivity index (χ3v) is 3.28. The number of rotatable bonds is 2. The maximum atomic E-state index is 13.5. The van der Waals surface area contributed by atoms with Crippen LogP contribution in [0.2, 0.25) is 0 Å². The molecule has 1 aliphatic heterocycles. The van der Waals surface area contributed by atoms with Crippen LogP contribution in [-0.2, 0) is 11.2 Å². The smallest absolute Gasteiger partial charge is 0.129 e. The Morgan fingerprint density at radius 1 is 1.50 bits per heavy atom. The molecule has 1 aromatic carbocycles. The van der Waals surface area contributed by atoms with Gasteiger partial charge in [-0.15, -0.1) is 0 Å². The Morgan fingerprint density at radius 3 is 2.81 bits per heavy atom. The van der Waals surface area contributed by atoms with E-state index >= 15 is 0 Å². The molecule has 1 aliphatic rings. The lowest BCUT2D eigenvalue weighted by atomic mass is 9.86. The molecule has 0 radical (unpaired) electrons. The Bertz CT molecular complexity index is 397. The van der Waals surface area contributed by atoms with Crippen molar-refractivity contribution in [3.8, 4) is 0 Å². The first-order valence-corrected chi connectivity index (χ1v) is 5.36. The van der Waals surface area contributed by atoms with Crippen molar-refractivity contribution >= 4 is 0 Å². The third kappa shape index (κ3) is 2.08. The summed E-state index contributed by atoms with van der Waals surface area (Å²) in [4.78, 5) is 0. The van der Waals surface area contributed by atoms with Gasteiger partial charge in [0.05, 0.1) is 6.10 Å². The Kier molecular flexibility index (Phi) is 2.95. The molecule has 4 heteroatoms. The number of ether oxygens (including phenoxy) is 1. The van der Waals surface area contributed by atoms with Crippen LogP contribution in [0.15, 0.2) is 18.2 Å². The zero-order valence-corrected chi connectivity index (χ0v) is 9.17. The summed E-state index contributed by atoms with van der Waals surface area (Å²) in [6.45, 7) is 2.48. The quantitative estimate of drug-likeness (QED) is 0.838. The van der Waals surface area contributed by atoms with Crippen LogP contribution in [0.1, 0.15) is 18.9 Å². The van der Waals surface area contributed by atoms with E-state index in [2.05, 4.69) is 0 Å². The molecule has 0 aromatic heterocycles. The molecule has 1 heterocycles. The lowest BCUT2D eigenvalue weighted by Crippen LogP contribution is -2.48. The molecular formula is C12H15F2NO. The van der Waals surface area contributed by atoms with Crippen LogP contribution in [0.25, 0.3) is 0 Å². The maximum Gasteiger partial charge on any atom is 0.129 e. The van der Waals surface area contributed by atoms with Gasteiger partial charge in [0.2, 0.25) is 0 Å². The molecule has 1 saturated heterocycles. The van der Waals surface area contributed by atoms with Crippen LogP contribution >= 0.6 is 0 Å². The molecule has 0 spiro atoms. The van der Waals surface area contributed by atoms with E-state index in [9.17, 15) is 8.78 Å². The van der Waals surface area contributed by atoms with E-state index in [4.69, 9.17) is 10.5 Å². The van der Waals surface area contributed by atoms with E-state index in [1.807, 2.05) is 6.92 Å². The van der Waals surface area contributed by atoms with Gasteiger partial charge in [0.15, 0.2) is 0 Å². The highest BCUT2D eigenvalue weighted by Gasteiger charge is 2.38. The lowest BCUT2D eigenvalue weighted by Gasteiger charge is -2.27.